The zero-order valence-electron chi connectivity index (χ0n) is 12.1. The number of carbonyl (C=O) groups excluding carboxylic acids is 1. The fourth-order valence-electron chi connectivity index (χ4n) is 2.66. The second-order valence-electron chi connectivity index (χ2n) is 5.11. The number of fused-ring (bicyclic) bond motifs is 2. The Morgan fingerprint density at radius 2 is 1.96 bits per heavy atom. The number of hydrogen-bond acceptors (Lipinski definition) is 4. The highest BCUT2D eigenvalue weighted by Crippen LogP contribution is 2.43. The summed E-state index contributed by atoms with van der Waals surface area (Å²) < 4.78 is 16.5. The standard InChI is InChI=1S/C18H11ClO4/c1-21-18-12-6-7-22-13(12)9-14-16(18)17(20)15(23-14)8-10-2-4-11(19)5-3-10/h2-9H,1H3/b15-8-. The monoisotopic (exact) mass is 326 g/mol. The van der Waals surface area contributed by atoms with Crippen LogP contribution in [0.3, 0.4) is 0 Å². The van der Waals surface area contributed by atoms with E-state index < -0.39 is 0 Å². The lowest BCUT2D eigenvalue weighted by Crippen LogP contribution is -2.00. The Hall–Kier alpha value is -2.72. The van der Waals surface area contributed by atoms with E-state index in [1.165, 1.54) is 7.11 Å². The molecule has 2 heterocycles. The SMILES string of the molecule is COc1c2c(cc3occc13)O/C(=C\c1ccc(Cl)cc1)C2=O. The van der Waals surface area contributed by atoms with E-state index in [0.29, 0.717) is 27.7 Å². The Balaban J connectivity index is 1.83. The number of furan rings is 1. The summed E-state index contributed by atoms with van der Waals surface area (Å²) in [5, 5.41) is 1.38. The van der Waals surface area contributed by atoms with Crippen LogP contribution in [0.5, 0.6) is 11.5 Å². The molecule has 1 aliphatic heterocycles. The van der Waals surface area contributed by atoms with Gasteiger partial charge in [-0.2, -0.15) is 0 Å². The molecule has 4 rings (SSSR count). The molecule has 0 aliphatic carbocycles. The van der Waals surface area contributed by atoms with E-state index in [0.717, 1.165) is 10.9 Å². The second-order valence-corrected chi connectivity index (χ2v) is 5.54. The third-order valence-electron chi connectivity index (χ3n) is 3.72. The Morgan fingerprint density at radius 1 is 1.17 bits per heavy atom. The average Bonchev–Trinajstić information content (AvgIpc) is 3.13. The van der Waals surface area contributed by atoms with Crippen LogP contribution in [0.25, 0.3) is 17.0 Å². The molecule has 0 N–H and O–H groups in total. The van der Waals surface area contributed by atoms with Gasteiger partial charge in [-0.25, -0.2) is 0 Å². The molecule has 2 aromatic carbocycles. The first kappa shape index (κ1) is 13.9. The van der Waals surface area contributed by atoms with Gasteiger partial charge in [0.05, 0.1) is 18.8 Å². The molecule has 0 saturated heterocycles. The van der Waals surface area contributed by atoms with Gasteiger partial charge in [0.25, 0.3) is 0 Å². The van der Waals surface area contributed by atoms with Gasteiger partial charge in [-0.15, -0.1) is 0 Å². The first-order valence-corrected chi connectivity index (χ1v) is 7.33. The predicted molar refractivity (Wildman–Crippen MR) is 87.2 cm³/mol. The normalized spacial score (nSPS) is 15.0. The Morgan fingerprint density at radius 3 is 2.70 bits per heavy atom. The van der Waals surface area contributed by atoms with E-state index in [1.807, 2.05) is 12.1 Å². The smallest absolute Gasteiger partial charge is 0.235 e. The number of Topliss-reactive ketones (excluding diaryl/α,β-unsaturated/α-hetero) is 1. The van der Waals surface area contributed by atoms with Gasteiger partial charge in [0, 0.05) is 11.1 Å². The van der Waals surface area contributed by atoms with Crippen LogP contribution in [0.4, 0.5) is 0 Å². The molecule has 23 heavy (non-hydrogen) atoms. The first-order valence-electron chi connectivity index (χ1n) is 6.95. The number of methoxy groups -OCH3 is 1. The van der Waals surface area contributed by atoms with E-state index in [9.17, 15) is 4.79 Å². The van der Waals surface area contributed by atoms with E-state index in [1.54, 1.807) is 36.6 Å². The summed E-state index contributed by atoms with van der Waals surface area (Å²) in [6.45, 7) is 0. The average molecular weight is 327 g/mol. The van der Waals surface area contributed by atoms with Gasteiger partial charge in [-0.3, -0.25) is 4.79 Å². The van der Waals surface area contributed by atoms with Gasteiger partial charge in [0.1, 0.15) is 22.6 Å². The van der Waals surface area contributed by atoms with Crippen LogP contribution in [-0.2, 0) is 0 Å². The number of halogens is 1. The molecule has 0 radical (unpaired) electrons. The minimum Gasteiger partial charge on any atom is -0.495 e. The zero-order chi connectivity index (χ0) is 16.0. The summed E-state index contributed by atoms with van der Waals surface area (Å²) in [6.07, 6.45) is 3.23. The number of rotatable bonds is 2. The summed E-state index contributed by atoms with van der Waals surface area (Å²) >= 11 is 5.87. The minimum absolute atomic E-state index is 0.213. The molecule has 4 nitrogen and oxygen atoms in total. The number of hydrogen-bond donors (Lipinski definition) is 0. The summed E-state index contributed by atoms with van der Waals surface area (Å²) in [5.74, 6) is 0.938. The summed E-state index contributed by atoms with van der Waals surface area (Å²) in [4.78, 5) is 12.7. The van der Waals surface area contributed by atoms with Gasteiger partial charge >= 0.3 is 0 Å². The number of ether oxygens (including phenoxy) is 2. The molecule has 5 heteroatoms. The maximum Gasteiger partial charge on any atom is 0.235 e. The maximum atomic E-state index is 12.7. The second kappa shape index (κ2) is 5.18. The molecular formula is C18H11ClO4. The highest BCUT2D eigenvalue weighted by Gasteiger charge is 2.33. The van der Waals surface area contributed by atoms with Gasteiger partial charge in [-0.05, 0) is 29.8 Å². The van der Waals surface area contributed by atoms with Gasteiger partial charge < -0.3 is 13.9 Å². The molecule has 0 saturated carbocycles. The predicted octanol–water partition coefficient (Wildman–Crippen LogP) is 4.71. The Labute approximate surface area is 136 Å². The fraction of sp³-hybridized carbons (Fsp3) is 0.0556. The lowest BCUT2D eigenvalue weighted by Gasteiger charge is -2.04. The summed E-state index contributed by atoms with van der Waals surface area (Å²) in [5.41, 5.74) is 1.86. The van der Waals surface area contributed by atoms with Crippen molar-refractivity contribution in [3.8, 4) is 11.5 Å². The molecule has 1 aromatic heterocycles. The highest BCUT2D eigenvalue weighted by molar-refractivity contribution is 6.30. The molecule has 0 unspecified atom stereocenters. The van der Waals surface area contributed by atoms with Crippen molar-refractivity contribution in [3.05, 3.63) is 64.6 Å². The first-order chi connectivity index (χ1) is 11.2. The van der Waals surface area contributed by atoms with Crippen LogP contribution in [0.15, 0.2) is 52.8 Å². The number of ketones is 1. The zero-order valence-corrected chi connectivity index (χ0v) is 12.9. The number of benzene rings is 2. The van der Waals surface area contributed by atoms with Crippen LogP contribution < -0.4 is 9.47 Å². The molecule has 0 amide bonds. The molecular weight excluding hydrogens is 316 g/mol. The van der Waals surface area contributed by atoms with Crippen molar-refractivity contribution in [2.75, 3.05) is 7.11 Å². The van der Waals surface area contributed by atoms with E-state index in [2.05, 4.69) is 0 Å². The van der Waals surface area contributed by atoms with Crippen molar-refractivity contribution in [2.24, 2.45) is 0 Å². The van der Waals surface area contributed by atoms with Crippen molar-refractivity contribution in [1.29, 1.82) is 0 Å². The lowest BCUT2D eigenvalue weighted by molar-refractivity contribution is 0.101. The molecule has 1 aliphatic rings. The van der Waals surface area contributed by atoms with Crippen LogP contribution in [-0.4, -0.2) is 12.9 Å². The molecule has 0 fully saturated rings. The van der Waals surface area contributed by atoms with Gasteiger partial charge in [0.2, 0.25) is 5.78 Å². The third kappa shape index (κ3) is 2.19. The van der Waals surface area contributed by atoms with Crippen molar-refractivity contribution in [3.63, 3.8) is 0 Å². The topological polar surface area (TPSA) is 48.7 Å². The third-order valence-corrected chi connectivity index (χ3v) is 3.97. The van der Waals surface area contributed by atoms with Crippen molar-refractivity contribution in [2.45, 2.75) is 0 Å². The number of allylic oxidation sites excluding steroid dienone is 1. The minimum atomic E-state index is -0.213. The molecule has 0 bridgehead atoms. The largest absolute Gasteiger partial charge is 0.495 e. The fourth-order valence-corrected chi connectivity index (χ4v) is 2.79. The Kier molecular flexibility index (Phi) is 3.13. The molecule has 0 atom stereocenters. The maximum absolute atomic E-state index is 12.7. The van der Waals surface area contributed by atoms with Gasteiger partial charge in [-0.1, -0.05) is 23.7 Å². The number of carbonyl (C=O) groups is 1. The van der Waals surface area contributed by atoms with Crippen LogP contribution in [0.2, 0.25) is 5.02 Å². The van der Waals surface area contributed by atoms with Crippen molar-refractivity contribution >= 4 is 34.4 Å². The van der Waals surface area contributed by atoms with E-state index in [-0.39, 0.29) is 11.5 Å². The molecule has 0 spiro atoms. The lowest BCUT2D eigenvalue weighted by atomic mass is 10.1. The van der Waals surface area contributed by atoms with Crippen molar-refractivity contribution < 1.29 is 18.7 Å². The molecule has 114 valence electrons. The molecule has 3 aromatic rings. The van der Waals surface area contributed by atoms with Crippen molar-refractivity contribution in [1.82, 2.24) is 0 Å². The van der Waals surface area contributed by atoms with Crippen LogP contribution >= 0.6 is 11.6 Å². The van der Waals surface area contributed by atoms with Gasteiger partial charge in [0.15, 0.2) is 5.76 Å². The van der Waals surface area contributed by atoms with Crippen LogP contribution in [0, 0.1) is 0 Å². The summed E-state index contributed by atoms with van der Waals surface area (Å²) in [6, 6.07) is 10.6. The highest BCUT2D eigenvalue weighted by atomic mass is 35.5. The summed E-state index contributed by atoms with van der Waals surface area (Å²) in [7, 11) is 1.52. The van der Waals surface area contributed by atoms with E-state index in [4.69, 9.17) is 25.5 Å². The quantitative estimate of drug-likeness (QED) is 0.640. The van der Waals surface area contributed by atoms with E-state index >= 15 is 0 Å². The Bertz CT molecular complexity index is 951. The van der Waals surface area contributed by atoms with Crippen LogP contribution in [0.1, 0.15) is 15.9 Å².